The van der Waals surface area contributed by atoms with E-state index in [-0.39, 0.29) is 30.0 Å². The summed E-state index contributed by atoms with van der Waals surface area (Å²) < 4.78 is 16.2. The van der Waals surface area contributed by atoms with E-state index in [0.29, 0.717) is 19.1 Å². The number of aliphatic imine (C=N–C) groups is 1. The monoisotopic (exact) mass is 548 g/mol. The third kappa shape index (κ3) is 8.75. The summed E-state index contributed by atoms with van der Waals surface area (Å²) in [6.07, 6.45) is 1.13. The summed E-state index contributed by atoms with van der Waals surface area (Å²) in [5.74, 6) is 2.40. The number of halogens is 1. The van der Waals surface area contributed by atoms with Gasteiger partial charge in [0.05, 0.1) is 33.0 Å². The van der Waals surface area contributed by atoms with Gasteiger partial charge in [-0.05, 0) is 37.2 Å². The number of hydrogen-bond acceptors (Lipinski definition) is 5. The number of methoxy groups -OCH3 is 2. The fourth-order valence-electron chi connectivity index (χ4n) is 4.04. The van der Waals surface area contributed by atoms with E-state index in [1.807, 2.05) is 13.1 Å². The smallest absolute Gasteiger partial charge is 0.193 e. The highest BCUT2D eigenvalue weighted by atomic mass is 127. The summed E-state index contributed by atoms with van der Waals surface area (Å²) in [5, 5.41) is 3.63. The molecule has 2 rings (SSSR count). The van der Waals surface area contributed by atoms with Crippen molar-refractivity contribution < 1.29 is 14.2 Å². The van der Waals surface area contributed by atoms with E-state index in [0.717, 1.165) is 57.5 Å². The highest BCUT2D eigenvalue weighted by molar-refractivity contribution is 14.0. The van der Waals surface area contributed by atoms with E-state index in [9.17, 15) is 0 Å². The van der Waals surface area contributed by atoms with Crippen LogP contribution in [0.5, 0.6) is 5.75 Å². The van der Waals surface area contributed by atoms with Gasteiger partial charge in [0.2, 0.25) is 0 Å². The lowest BCUT2D eigenvalue weighted by molar-refractivity contribution is 0.0536. The number of likely N-dealkylation sites (N-methyl/N-ethyl adjacent to an activating group) is 1. The number of nitrogens with one attached hydrogen (secondary N) is 1. The van der Waals surface area contributed by atoms with Gasteiger partial charge >= 0.3 is 0 Å². The first-order valence-corrected chi connectivity index (χ1v) is 11.1. The lowest BCUT2D eigenvalue weighted by atomic mass is 10.0. The minimum Gasteiger partial charge on any atom is -0.497 e. The van der Waals surface area contributed by atoms with Gasteiger partial charge in [-0.25, -0.2) is 0 Å². The van der Waals surface area contributed by atoms with E-state index in [4.69, 9.17) is 14.2 Å². The first-order chi connectivity index (χ1) is 14.7. The maximum atomic E-state index is 5.73. The van der Waals surface area contributed by atoms with Crippen molar-refractivity contribution in [2.24, 2.45) is 10.9 Å². The first-order valence-electron chi connectivity index (χ1n) is 11.1. The van der Waals surface area contributed by atoms with Crippen LogP contribution < -0.4 is 10.1 Å². The molecular formula is C23H41IN4O3. The van der Waals surface area contributed by atoms with Crippen molar-refractivity contribution in [3.05, 3.63) is 29.8 Å². The maximum Gasteiger partial charge on any atom is 0.193 e. The van der Waals surface area contributed by atoms with Gasteiger partial charge in [-0.1, -0.05) is 26.0 Å². The Kier molecular flexibility index (Phi) is 14.1. The zero-order valence-corrected chi connectivity index (χ0v) is 22.1. The molecule has 0 bridgehead atoms. The van der Waals surface area contributed by atoms with Crippen LogP contribution in [0.2, 0.25) is 0 Å². The Balaban J connectivity index is 0.00000480. The summed E-state index contributed by atoms with van der Waals surface area (Å²) in [5.41, 5.74) is 1.26. The van der Waals surface area contributed by atoms with Crippen LogP contribution in [0.3, 0.4) is 0 Å². The Morgan fingerprint density at radius 2 is 2.03 bits per heavy atom. The van der Waals surface area contributed by atoms with E-state index in [1.54, 1.807) is 14.2 Å². The van der Waals surface area contributed by atoms with Gasteiger partial charge in [-0.3, -0.25) is 9.89 Å². The Bertz CT molecular complexity index is 643. The summed E-state index contributed by atoms with van der Waals surface area (Å²) in [4.78, 5) is 9.36. The Morgan fingerprint density at radius 1 is 1.26 bits per heavy atom. The SMILES string of the molecule is CCN(CC)C(CNC(=NC)N1CCC(COCCOC)C1)c1cccc(OC)c1.I. The second-order valence-electron chi connectivity index (χ2n) is 7.61. The van der Waals surface area contributed by atoms with Gasteiger partial charge in [-0.15, -0.1) is 24.0 Å². The third-order valence-electron chi connectivity index (χ3n) is 5.77. The molecule has 0 amide bonds. The molecule has 31 heavy (non-hydrogen) atoms. The molecule has 1 aromatic rings. The van der Waals surface area contributed by atoms with Crippen molar-refractivity contribution >= 4 is 29.9 Å². The van der Waals surface area contributed by atoms with Gasteiger partial charge in [0, 0.05) is 39.7 Å². The fraction of sp³-hybridized carbons (Fsp3) is 0.696. The number of guanidine groups is 1. The van der Waals surface area contributed by atoms with E-state index >= 15 is 0 Å². The zero-order valence-electron chi connectivity index (χ0n) is 19.8. The molecule has 1 aliphatic heterocycles. The van der Waals surface area contributed by atoms with Crippen LogP contribution in [-0.2, 0) is 9.47 Å². The van der Waals surface area contributed by atoms with Crippen LogP contribution in [0.25, 0.3) is 0 Å². The second-order valence-corrected chi connectivity index (χ2v) is 7.61. The van der Waals surface area contributed by atoms with Crippen LogP contribution in [0, 0.1) is 5.92 Å². The third-order valence-corrected chi connectivity index (χ3v) is 5.77. The zero-order chi connectivity index (χ0) is 21.8. The van der Waals surface area contributed by atoms with Crippen LogP contribution >= 0.6 is 24.0 Å². The molecule has 0 aliphatic carbocycles. The molecule has 7 nitrogen and oxygen atoms in total. The summed E-state index contributed by atoms with van der Waals surface area (Å²) in [7, 11) is 5.28. The quantitative estimate of drug-likeness (QED) is 0.187. The summed E-state index contributed by atoms with van der Waals surface area (Å²) >= 11 is 0. The Labute approximate surface area is 205 Å². The Hall–Kier alpha value is -1.10. The van der Waals surface area contributed by atoms with Gasteiger partial charge in [0.25, 0.3) is 0 Å². The van der Waals surface area contributed by atoms with Crippen LogP contribution in [0.15, 0.2) is 29.3 Å². The van der Waals surface area contributed by atoms with Crippen molar-refractivity contribution in [2.75, 3.05) is 73.8 Å². The number of nitrogens with zero attached hydrogens (tertiary/aromatic N) is 3. The van der Waals surface area contributed by atoms with Crippen molar-refractivity contribution in [1.29, 1.82) is 0 Å². The van der Waals surface area contributed by atoms with E-state index in [1.165, 1.54) is 5.56 Å². The first kappa shape index (κ1) is 27.9. The summed E-state index contributed by atoms with van der Waals surface area (Å²) in [6, 6.07) is 8.63. The fourth-order valence-corrected chi connectivity index (χ4v) is 4.04. The van der Waals surface area contributed by atoms with Crippen molar-refractivity contribution in [1.82, 2.24) is 15.1 Å². The molecule has 1 N–H and O–H groups in total. The number of likely N-dealkylation sites (tertiary alicyclic amines) is 1. The average Bonchev–Trinajstić information content (AvgIpc) is 3.25. The normalized spacial score (nSPS) is 17.5. The highest BCUT2D eigenvalue weighted by Gasteiger charge is 2.26. The van der Waals surface area contributed by atoms with Gasteiger partial charge in [-0.2, -0.15) is 0 Å². The van der Waals surface area contributed by atoms with Gasteiger partial charge in [0.1, 0.15) is 5.75 Å². The second kappa shape index (κ2) is 15.7. The molecule has 0 radical (unpaired) electrons. The van der Waals surface area contributed by atoms with E-state index < -0.39 is 0 Å². The molecule has 0 aromatic heterocycles. The molecular weight excluding hydrogens is 507 g/mol. The molecule has 0 spiro atoms. The Morgan fingerprint density at radius 3 is 2.68 bits per heavy atom. The molecule has 2 unspecified atom stereocenters. The van der Waals surface area contributed by atoms with Crippen molar-refractivity contribution in [3.8, 4) is 5.75 Å². The molecule has 1 heterocycles. The van der Waals surface area contributed by atoms with Crippen molar-refractivity contribution in [3.63, 3.8) is 0 Å². The minimum absolute atomic E-state index is 0. The highest BCUT2D eigenvalue weighted by Crippen LogP contribution is 2.24. The standard InChI is InChI=1S/C23H40N4O3.HI/c1-6-26(7-2)22(20-9-8-10-21(15-20)29-5)16-25-23(24-3)27-12-11-19(17-27)18-30-14-13-28-4;/h8-10,15,19,22H,6-7,11-14,16-18H2,1-5H3,(H,24,25);1H. The lowest BCUT2D eigenvalue weighted by Crippen LogP contribution is -2.44. The van der Waals surface area contributed by atoms with Crippen LogP contribution in [-0.4, -0.2) is 89.6 Å². The van der Waals surface area contributed by atoms with Crippen molar-refractivity contribution in [2.45, 2.75) is 26.3 Å². The number of ether oxygens (including phenoxy) is 3. The predicted molar refractivity (Wildman–Crippen MR) is 138 cm³/mol. The van der Waals surface area contributed by atoms with Crippen LogP contribution in [0.4, 0.5) is 0 Å². The van der Waals surface area contributed by atoms with Gasteiger partial charge in [0.15, 0.2) is 5.96 Å². The molecule has 178 valence electrons. The summed E-state index contributed by atoms with van der Waals surface area (Å²) in [6.45, 7) is 11.3. The topological polar surface area (TPSA) is 58.6 Å². The number of benzene rings is 1. The maximum absolute atomic E-state index is 5.73. The largest absolute Gasteiger partial charge is 0.497 e. The minimum atomic E-state index is 0. The molecule has 1 aromatic carbocycles. The van der Waals surface area contributed by atoms with Crippen LogP contribution in [0.1, 0.15) is 31.9 Å². The molecule has 1 aliphatic rings. The molecule has 1 fully saturated rings. The van der Waals surface area contributed by atoms with Gasteiger partial charge < -0.3 is 24.4 Å². The molecule has 0 saturated carbocycles. The molecule has 2 atom stereocenters. The molecule has 1 saturated heterocycles. The van der Waals surface area contributed by atoms with E-state index in [2.05, 4.69) is 52.2 Å². The average molecular weight is 549 g/mol. The predicted octanol–water partition coefficient (Wildman–Crippen LogP) is 3.26. The lowest BCUT2D eigenvalue weighted by Gasteiger charge is -2.32. The molecule has 8 heteroatoms. The number of rotatable bonds is 12. The number of hydrogen-bond donors (Lipinski definition) is 1.